The predicted molar refractivity (Wildman–Crippen MR) is 83.0 cm³/mol. The average Bonchev–Trinajstić information content (AvgIpc) is 2.75. The molecule has 1 saturated heterocycles. The Morgan fingerprint density at radius 2 is 2.22 bits per heavy atom. The van der Waals surface area contributed by atoms with Crippen LogP contribution in [0.5, 0.6) is 0 Å². The lowest BCUT2D eigenvalue weighted by Gasteiger charge is -2.31. The highest BCUT2D eigenvalue weighted by molar-refractivity contribution is 9.08. The van der Waals surface area contributed by atoms with Gasteiger partial charge in [0.15, 0.2) is 0 Å². The summed E-state index contributed by atoms with van der Waals surface area (Å²) >= 11 is 9.98. The van der Waals surface area contributed by atoms with Crippen molar-refractivity contribution >= 4 is 33.2 Å². The summed E-state index contributed by atoms with van der Waals surface area (Å²) in [6, 6.07) is 6.76. The molecule has 0 aliphatic carbocycles. The quantitative estimate of drug-likeness (QED) is 0.775. The Hall–Kier alpha value is -0.250. The first-order valence-electron chi connectivity index (χ1n) is 6.38. The van der Waals surface area contributed by atoms with E-state index in [4.69, 9.17) is 11.6 Å². The Morgan fingerprint density at radius 1 is 1.44 bits per heavy atom. The SMILES string of the molecule is CN(C)CC1CCCN1c1c(Cl)cccc1CBr. The molecule has 0 spiro atoms. The van der Waals surface area contributed by atoms with E-state index < -0.39 is 0 Å². The van der Waals surface area contributed by atoms with Crippen molar-refractivity contribution in [3.8, 4) is 0 Å². The summed E-state index contributed by atoms with van der Waals surface area (Å²) in [5.74, 6) is 0. The zero-order chi connectivity index (χ0) is 13.1. The molecule has 2 rings (SSSR count). The fraction of sp³-hybridized carbons (Fsp3) is 0.571. The first-order valence-corrected chi connectivity index (χ1v) is 7.88. The van der Waals surface area contributed by atoms with E-state index in [2.05, 4.69) is 45.9 Å². The van der Waals surface area contributed by atoms with Gasteiger partial charge in [-0.25, -0.2) is 0 Å². The highest BCUT2D eigenvalue weighted by atomic mass is 79.9. The summed E-state index contributed by atoms with van der Waals surface area (Å²) in [5, 5.41) is 1.73. The van der Waals surface area contributed by atoms with Crippen molar-refractivity contribution in [3.05, 3.63) is 28.8 Å². The molecule has 0 saturated carbocycles. The summed E-state index contributed by atoms with van der Waals surface area (Å²) in [4.78, 5) is 4.74. The van der Waals surface area contributed by atoms with Gasteiger partial charge in [0.1, 0.15) is 0 Å². The zero-order valence-corrected chi connectivity index (χ0v) is 13.3. The lowest BCUT2D eigenvalue weighted by molar-refractivity contribution is 0.372. The van der Waals surface area contributed by atoms with Crippen molar-refractivity contribution in [3.63, 3.8) is 0 Å². The molecule has 1 heterocycles. The normalized spacial score (nSPS) is 19.8. The third kappa shape index (κ3) is 3.01. The van der Waals surface area contributed by atoms with Gasteiger partial charge in [0.25, 0.3) is 0 Å². The molecule has 2 nitrogen and oxygen atoms in total. The number of nitrogens with zero attached hydrogens (tertiary/aromatic N) is 2. The van der Waals surface area contributed by atoms with Crippen LogP contribution in [0, 0.1) is 0 Å². The molecule has 1 unspecified atom stereocenters. The number of para-hydroxylation sites is 1. The molecule has 18 heavy (non-hydrogen) atoms. The van der Waals surface area contributed by atoms with Gasteiger partial charge in [0.05, 0.1) is 10.7 Å². The van der Waals surface area contributed by atoms with Crippen LogP contribution in [0.1, 0.15) is 18.4 Å². The molecule has 100 valence electrons. The molecular weight excluding hydrogens is 312 g/mol. The number of benzene rings is 1. The summed E-state index contributed by atoms with van der Waals surface area (Å²) < 4.78 is 0. The van der Waals surface area contributed by atoms with Crippen LogP contribution in [-0.2, 0) is 5.33 Å². The van der Waals surface area contributed by atoms with Gasteiger partial charge in [-0.3, -0.25) is 0 Å². The number of halogens is 2. The maximum Gasteiger partial charge on any atom is 0.0642 e. The van der Waals surface area contributed by atoms with Gasteiger partial charge in [-0.15, -0.1) is 0 Å². The highest BCUT2D eigenvalue weighted by Gasteiger charge is 2.27. The third-order valence-electron chi connectivity index (χ3n) is 3.45. The number of hydrogen-bond donors (Lipinski definition) is 0. The van der Waals surface area contributed by atoms with Gasteiger partial charge in [0, 0.05) is 24.5 Å². The fourth-order valence-electron chi connectivity index (χ4n) is 2.73. The van der Waals surface area contributed by atoms with E-state index >= 15 is 0 Å². The maximum atomic E-state index is 6.41. The number of rotatable bonds is 4. The number of anilines is 1. The molecule has 0 radical (unpaired) electrons. The van der Waals surface area contributed by atoms with Gasteiger partial charge in [-0.2, -0.15) is 0 Å². The van der Waals surface area contributed by atoms with Crippen molar-refractivity contribution in [1.82, 2.24) is 4.90 Å². The minimum absolute atomic E-state index is 0.581. The largest absolute Gasteiger partial charge is 0.366 e. The molecule has 0 N–H and O–H groups in total. The zero-order valence-electron chi connectivity index (χ0n) is 11.0. The maximum absolute atomic E-state index is 6.41. The lowest BCUT2D eigenvalue weighted by Crippen LogP contribution is -2.38. The van der Waals surface area contributed by atoms with Gasteiger partial charge in [0.2, 0.25) is 0 Å². The van der Waals surface area contributed by atoms with Crippen molar-refractivity contribution in [2.45, 2.75) is 24.2 Å². The minimum Gasteiger partial charge on any atom is -0.366 e. The van der Waals surface area contributed by atoms with Crippen LogP contribution in [0.4, 0.5) is 5.69 Å². The van der Waals surface area contributed by atoms with Crippen molar-refractivity contribution in [2.75, 3.05) is 32.1 Å². The van der Waals surface area contributed by atoms with E-state index in [-0.39, 0.29) is 0 Å². The van der Waals surface area contributed by atoms with Gasteiger partial charge in [-0.1, -0.05) is 39.7 Å². The summed E-state index contributed by atoms with van der Waals surface area (Å²) in [7, 11) is 4.27. The summed E-state index contributed by atoms with van der Waals surface area (Å²) in [5.41, 5.74) is 2.51. The molecule has 1 aromatic rings. The van der Waals surface area contributed by atoms with Crippen LogP contribution in [0.25, 0.3) is 0 Å². The molecule has 0 aromatic heterocycles. The van der Waals surface area contributed by atoms with Crippen LogP contribution < -0.4 is 4.90 Å². The van der Waals surface area contributed by atoms with Crippen LogP contribution in [0.15, 0.2) is 18.2 Å². The predicted octanol–water partition coefficient (Wildman–Crippen LogP) is 3.77. The highest BCUT2D eigenvalue weighted by Crippen LogP contribution is 2.36. The Labute approximate surface area is 123 Å². The van der Waals surface area contributed by atoms with Crippen LogP contribution in [-0.4, -0.2) is 38.1 Å². The number of alkyl halides is 1. The smallest absolute Gasteiger partial charge is 0.0642 e. The Morgan fingerprint density at radius 3 is 2.89 bits per heavy atom. The van der Waals surface area contributed by atoms with E-state index in [0.29, 0.717) is 6.04 Å². The topological polar surface area (TPSA) is 6.48 Å². The lowest BCUT2D eigenvalue weighted by atomic mass is 10.1. The fourth-order valence-corrected chi connectivity index (χ4v) is 3.49. The number of hydrogen-bond acceptors (Lipinski definition) is 2. The van der Waals surface area contributed by atoms with E-state index in [1.807, 2.05) is 12.1 Å². The molecule has 1 atom stereocenters. The van der Waals surface area contributed by atoms with Crippen molar-refractivity contribution < 1.29 is 0 Å². The monoisotopic (exact) mass is 330 g/mol. The van der Waals surface area contributed by atoms with E-state index in [1.54, 1.807) is 0 Å². The third-order valence-corrected chi connectivity index (χ3v) is 4.36. The second kappa shape index (κ2) is 6.27. The van der Waals surface area contributed by atoms with Crippen LogP contribution >= 0.6 is 27.5 Å². The molecular formula is C14H20BrClN2. The van der Waals surface area contributed by atoms with E-state index in [1.165, 1.54) is 24.1 Å². The molecule has 0 amide bonds. The average molecular weight is 332 g/mol. The Kier molecular flexibility index (Phi) is 4.93. The van der Waals surface area contributed by atoms with Crippen molar-refractivity contribution in [1.29, 1.82) is 0 Å². The molecule has 1 fully saturated rings. The summed E-state index contributed by atoms with van der Waals surface area (Å²) in [6.45, 7) is 2.20. The van der Waals surface area contributed by atoms with Gasteiger partial charge >= 0.3 is 0 Å². The minimum atomic E-state index is 0.581. The molecule has 1 aromatic carbocycles. The van der Waals surface area contributed by atoms with E-state index in [0.717, 1.165) is 23.4 Å². The second-order valence-electron chi connectivity index (χ2n) is 5.13. The van der Waals surface area contributed by atoms with Gasteiger partial charge in [-0.05, 0) is 38.6 Å². The Bertz CT molecular complexity index is 409. The van der Waals surface area contributed by atoms with Gasteiger partial charge < -0.3 is 9.80 Å². The van der Waals surface area contributed by atoms with Crippen molar-refractivity contribution in [2.24, 2.45) is 0 Å². The summed E-state index contributed by atoms with van der Waals surface area (Å²) in [6.07, 6.45) is 2.51. The first kappa shape index (κ1) is 14.2. The second-order valence-corrected chi connectivity index (χ2v) is 6.10. The van der Waals surface area contributed by atoms with Crippen LogP contribution in [0.2, 0.25) is 5.02 Å². The number of likely N-dealkylation sites (N-methyl/N-ethyl adjacent to an activating group) is 1. The first-order chi connectivity index (χ1) is 8.63. The molecule has 1 aliphatic heterocycles. The standard InChI is InChI=1S/C14H20BrClN2/c1-17(2)10-12-6-4-8-18(12)14-11(9-15)5-3-7-13(14)16/h3,5,7,12H,4,6,8-10H2,1-2H3. The molecule has 1 aliphatic rings. The Balaban J connectivity index is 2.29. The van der Waals surface area contributed by atoms with E-state index in [9.17, 15) is 0 Å². The molecule has 4 heteroatoms. The molecule has 0 bridgehead atoms. The van der Waals surface area contributed by atoms with Crippen LogP contribution in [0.3, 0.4) is 0 Å².